The molecule has 0 aromatic rings. The highest BCUT2D eigenvalue weighted by Gasteiger charge is 2.39. The minimum atomic E-state index is -0.794. The molecular weight excluding hydrogens is 272 g/mol. The van der Waals surface area contributed by atoms with Crippen molar-refractivity contribution < 1.29 is 19.4 Å². The molecule has 0 bridgehead atoms. The normalized spacial score (nSPS) is 17.3. The standard InChI is InChI=1S/C15H24N2O4/c1-11(12(18)17-9-15(5,20)10-17)7-6-8-16-13(19)21-14(2,3)4/h6-7,20H,1,8-10H2,2-5H3,(H,16,19)/b7-6-. The van der Waals surface area contributed by atoms with Crippen LogP contribution in [0.5, 0.6) is 0 Å². The van der Waals surface area contributed by atoms with Gasteiger partial charge in [0.15, 0.2) is 0 Å². The molecule has 1 fully saturated rings. The summed E-state index contributed by atoms with van der Waals surface area (Å²) >= 11 is 0. The number of alkyl carbamates (subject to hydrolysis) is 1. The smallest absolute Gasteiger partial charge is 0.407 e. The van der Waals surface area contributed by atoms with Crippen molar-refractivity contribution in [2.45, 2.75) is 38.9 Å². The lowest BCUT2D eigenvalue weighted by atomic mass is 9.96. The maximum absolute atomic E-state index is 11.9. The number of β-amino-alcohol motifs (C(OH)–C–C–N with tert-alkyl or cyclic N) is 1. The summed E-state index contributed by atoms with van der Waals surface area (Å²) in [5.74, 6) is -0.213. The topological polar surface area (TPSA) is 78.9 Å². The van der Waals surface area contributed by atoms with Gasteiger partial charge in [-0.15, -0.1) is 0 Å². The van der Waals surface area contributed by atoms with Crippen LogP contribution < -0.4 is 5.32 Å². The zero-order valence-electron chi connectivity index (χ0n) is 13.1. The average molecular weight is 296 g/mol. The van der Waals surface area contributed by atoms with Gasteiger partial charge in [0, 0.05) is 12.1 Å². The monoisotopic (exact) mass is 296 g/mol. The van der Waals surface area contributed by atoms with Crippen molar-refractivity contribution in [2.75, 3.05) is 19.6 Å². The molecule has 0 aromatic heterocycles. The summed E-state index contributed by atoms with van der Waals surface area (Å²) in [5, 5.41) is 12.1. The first kappa shape index (κ1) is 17.2. The Morgan fingerprint density at radius 1 is 1.43 bits per heavy atom. The van der Waals surface area contributed by atoms with Crippen LogP contribution in [0.25, 0.3) is 0 Å². The Bertz CT molecular complexity index is 453. The number of hydrogen-bond acceptors (Lipinski definition) is 4. The van der Waals surface area contributed by atoms with Crippen molar-refractivity contribution in [3.8, 4) is 0 Å². The summed E-state index contributed by atoms with van der Waals surface area (Å²) in [6.07, 6.45) is 2.66. The van der Waals surface area contributed by atoms with Gasteiger partial charge in [-0.05, 0) is 27.7 Å². The number of aliphatic hydroxyl groups is 1. The molecule has 118 valence electrons. The Morgan fingerprint density at radius 2 is 2.00 bits per heavy atom. The number of amides is 2. The zero-order valence-corrected chi connectivity index (χ0v) is 13.1. The summed E-state index contributed by atoms with van der Waals surface area (Å²) in [6, 6.07) is 0. The molecule has 21 heavy (non-hydrogen) atoms. The van der Waals surface area contributed by atoms with E-state index in [-0.39, 0.29) is 12.5 Å². The van der Waals surface area contributed by atoms with Gasteiger partial charge in [0.1, 0.15) is 5.60 Å². The summed E-state index contributed by atoms with van der Waals surface area (Å²) in [4.78, 5) is 24.8. The van der Waals surface area contributed by atoms with E-state index in [0.717, 1.165) is 0 Å². The second-order valence-corrected chi connectivity index (χ2v) is 6.47. The average Bonchev–Trinajstić information content (AvgIpc) is 2.28. The van der Waals surface area contributed by atoms with Gasteiger partial charge in [-0.25, -0.2) is 4.79 Å². The Hall–Kier alpha value is -1.82. The van der Waals surface area contributed by atoms with Crippen LogP contribution in [0.2, 0.25) is 0 Å². The van der Waals surface area contributed by atoms with Crippen LogP contribution in [0.4, 0.5) is 4.79 Å². The molecule has 0 radical (unpaired) electrons. The molecule has 1 aliphatic heterocycles. The molecule has 6 nitrogen and oxygen atoms in total. The number of nitrogens with one attached hydrogen (secondary N) is 1. The summed E-state index contributed by atoms with van der Waals surface area (Å²) in [5.41, 5.74) is -1.02. The summed E-state index contributed by atoms with van der Waals surface area (Å²) in [7, 11) is 0. The largest absolute Gasteiger partial charge is 0.444 e. The molecule has 0 spiro atoms. The number of carbonyl (C=O) groups is 2. The van der Waals surface area contributed by atoms with E-state index in [1.165, 1.54) is 4.90 Å². The molecule has 1 heterocycles. The molecule has 0 atom stereocenters. The van der Waals surface area contributed by atoms with Gasteiger partial charge in [0.2, 0.25) is 0 Å². The first-order valence-electron chi connectivity index (χ1n) is 6.84. The van der Waals surface area contributed by atoms with Crippen LogP contribution in [0.1, 0.15) is 27.7 Å². The van der Waals surface area contributed by atoms with Crippen molar-refractivity contribution in [2.24, 2.45) is 0 Å². The molecule has 2 amide bonds. The van der Waals surface area contributed by atoms with Gasteiger partial charge in [-0.1, -0.05) is 18.7 Å². The van der Waals surface area contributed by atoms with Gasteiger partial charge >= 0.3 is 6.09 Å². The number of nitrogens with zero attached hydrogens (tertiary/aromatic N) is 1. The first-order valence-corrected chi connectivity index (χ1v) is 6.84. The van der Waals surface area contributed by atoms with Crippen LogP contribution >= 0.6 is 0 Å². The fourth-order valence-electron chi connectivity index (χ4n) is 1.85. The van der Waals surface area contributed by atoms with E-state index >= 15 is 0 Å². The molecule has 1 aliphatic rings. The van der Waals surface area contributed by atoms with E-state index in [1.54, 1.807) is 39.8 Å². The zero-order chi connectivity index (χ0) is 16.3. The molecule has 0 aliphatic carbocycles. The minimum absolute atomic E-state index is 0.213. The van der Waals surface area contributed by atoms with Crippen LogP contribution in [0.3, 0.4) is 0 Å². The lowest BCUT2D eigenvalue weighted by Crippen LogP contribution is -2.61. The van der Waals surface area contributed by atoms with Crippen LogP contribution in [-0.4, -0.2) is 52.8 Å². The predicted molar refractivity (Wildman–Crippen MR) is 79.7 cm³/mol. The highest BCUT2D eigenvalue weighted by molar-refractivity contribution is 5.96. The molecule has 0 unspecified atom stereocenters. The van der Waals surface area contributed by atoms with E-state index < -0.39 is 17.3 Å². The molecule has 2 N–H and O–H groups in total. The van der Waals surface area contributed by atoms with Crippen LogP contribution in [0.15, 0.2) is 24.3 Å². The number of likely N-dealkylation sites (tertiary alicyclic amines) is 1. The Morgan fingerprint density at radius 3 is 2.48 bits per heavy atom. The van der Waals surface area contributed by atoms with Crippen molar-refractivity contribution in [3.05, 3.63) is 24.3 Å². The Labute approximate surface area is 125 Å². The third-order valence-electron chi connectivity index (χ3n) is 2.71. The van der Waals surface area contributed by atoms with Gasteiger partial charge in [-0.3, -0.25) is 4.79 Å². The number of carbonyl (C=O) groups excluding carboxylic acids is 2. The minimum Gasteiger partial charge on any atom is -0.444 e. The molecule has 1 saturated heterocycles. The molecule has 0 saturated carbocycles. The van der Waals surface area contributed by atoms with E-state index in [1.807, 2.05) is 0 Å². The van der Waals surface area contributed by atoms with Crippen molar-refractivity contribution >= 4 is 12.0 Å². The van der Waals surface area contributed by atoms with Crippen molar-refractivity contribution in [3.63, 3.8) is 0 Å². The third-order valence-corrected chi connectivity index (χ3v) is 2.71. The van der Waals surface area contributed by atoms with Gasteiger partial charge < -0.3 is 20.1 Å². The maximum Gasteiger partial charge on any atom is 0.407 e. The maximum atomic E-state index is 11.9. The number of rotatable bonds is 4. The second-order valence-electron chi connectivity index (χ2n) is 6.47. The third kappa shape index (κ3) is 5.99. The molecular formula is C15H24N2O4. The fraction of sp³-hybridized carbons (Fsp3) is 0.600. The quantitative estimate of drug-likeness (QED) is 0.604. The fourth-order valence-corrected chi connectivity index (χ4v) is 1.85. The van der Waals surface area contributed by atoms with Crippen molar-refractivity contribution in [1.29, 1.82) is 0 Å². The SMILES string of the molecule is C=C(/C=C\CNC(=O)OC(C)(C)C)C(=O)N1CC(C)(O)C1. The highest BCUT2D eigenvalue weighted by atomic mass is 16.6. The van der Waals surface area contributed by atoms with Crippen LogP contribution in [-0.2, 0) is 9.53 Å². The van der Waals surface area contributed by atoms with Gasteiger partial charge in [-0.2, -0.15) is 0 Å². The second kappa shape index (κ2) is 6.30. The highest BCUT2D eigenvalue weighted by Crippen LogP contribution is 2.21. The molecule has 0 aromatic carbocycles. The Kier molecular flexibility index (Phi) is 5.17. The molecule has 6 heteroatoms. The lowest BCUT2D eigenvalue weighted by molar-refractivity contribution is -0.147. The Balaban J connectivity index is 2.29. The van der Waals surface area contributed by atoms with E-state index in [4.69, 9.17) is 4.74 Å². The van der Waals surface area contributed by atoms with E-state index in [2.05, 4.69) is 11.9 Å². The predicted octanol–water partition coefficient (Wildman–Crippen LogP) is 1.22. The van der Waals surface area contributed by atoms with Gasteiger partial charge in [0.25, 0.3) is 5.91 Å². The van der Waals surface area contributed by atoms with Gasteiger partial charge in [0.05, 0.1) is 18.7 Å². The lowest BCUT2D eigenvalue weighted by Gasteiger charge is -2.44. The van der Waals surface area contributed by atoms with Crippen molar-refractivity contribution in [1.82, 2.24) is 10.2 Å². The van der Waals surface area contributed by atoms with Crippen LogP contribution in [0, 0.1) is 0 Å². The number of ether oxygens (including phenoxy) is 1. The number of hydrogen-bond donors (Lipinski definition) is 2. The van der Waals surface area contributed by atoms with E-state index in [0.29, 0.717) is 18.7 Å². The summed E-state index contributed by atoms with van der Waals surface area (Å²) in [6.45, 7) is 11.6. The van der Waals surface area contributed by atoms with E-state index in [9.17, 15) is 14.7 Å². The molecule has 1 rings (SSSR count). The first-order chi connectivity index (χ1) is 9.50. The summed E-state index contributed by atoms with van der Waals surface area (Å²) < 4.78 is 5.07.